The summed E-state index contributed by atoms with van der Waals surface area (Å²) in [6, 6.07) is 0. The average molecular weight is 172 g/mol. The molecule has 0 nitrogen and oxygen atoms in total. The van der Waals surface area contributed by atoms with Crippen molar-refractivity contribution in [3.05, 3.63) is 0 Å². The zero-order valence-corrected chi connectivity index (χ0v) is 7.06. The Morgan fingerprint density at radius 2 is 1.67 bits per heavy atom. The molecule has 2 bridgehead atoms. The minimum Gasteiger partial charge on any atom is -0.0848 e. The number of hydrogen-bond acceptors (Lipinski definition) is 3. The van der Waals surface area contributed by atoms with Gasteiger partial charge in [-0.15, -0.1) is 0 Å². The second kappa shape index (κ2) is 1.37. The summed E-state index contributed by atoms with van der Waals surface area (Å²) < 4.78 is 0. The normalized spacial score (nSPS) is 20.0. The van der Waals surface area contributed by atoms with Crippen molar-refractivity contribution in [1.29, 1.82) is 0 Å². The Balaban J connectivity index is 2.95. The van der Waals surface area contributed by atoms with E-state index in [2.05, 4.69) is 30.4 Å². The van der Waals surface area contributed by atoms with Gasteiger partial charge < -0.3 is 0 Å². The van der Waals surface area contributed by atoms with Gasteiger partial charge in [0.25, 0.3) is 0 Å². The third kappa shape index (κ3) is 0.469. The van der Waals surface area contributed by atoms with Gasteiger partial charge in [-0.2, -0.15) is 0 Å². The lowest BCUT2D eigenvalue weighted by Gasteiger charge is -1.94. The fourth-order valence-electron chi connectivity index (χ4n) is 0.338. The van der Waals surface area contributed by atoms with Gasteiger partial charge in [-0.3, -0.25) is 0 Å². The molecule has 1 aromatic rings. The Kier molecular flexibility index (Phi) is 0.949. The summed E-state index contributed by atoms with van der Waals surface area (Å²) in [5.74, 6) is 2.61. The van der Waals surface area contributed by atoms with Gasteiger partial charge in [-0.05, 0) is 0 Å². The quantitative estimate of drug-likeness (QED) is 0.530. The molecule has 3 rings (SSSR count). The van der Waals surface area contributed by atoms with E-state index in [1.54, 1.807) is 5.90 Å². The van der Waals surface area contributed by atoms with Crippen molar-refractivity contribution in [2.24, 2.45) is 0 Å². The summed E-state index contributed by atoms with van der Waals surface area (Å²) in [6.45, 7) is 0. The Bertz CT molecular complexity index is 145. The second-order valence-corrected chi connectivity index (χ2v) is 16.2. The van der Waals surface area contributed by atoms with Crippen LogP contribution in [0.2, 0.25) is 0 Å². The zero-order chi connectivity index (χ0) is 3.98. The SMILES string of the molecule is C1p2ssp1s2. The molecular formula is CH2P2S3. The van der Waals surface area contributed by atoms with Crippen molar-refractivity contribution in [3.63, 3.8) is 0 Å². The summed E-state index contributed by atoms with van der Waals surface area (Å²) in [5, 5.41) is 0. The molecule has 0 aromatic carbocycles. The van der Waals surface area contributed by atoms with E-state index in [1.165, 1.54) is 0 Å². The number of rotatable bonds is 0. The van der Waals surface area contributed by atoms with Crippen molar-refractivity contribution in [3.8, 4) is 0 Å². The average Bonchev–Trinajstić information content (AvgIpc) is 1.72. The van der Waals surface area contributed by atoms with Crippen molar-refractivity contribution in [2.45, 2.75) is 5.90 Å². The highest BCUT2D eigenvalue weighted by atomic mass is 33.4. The van der Waals surface area contributed by atoms with Gasteiger partial charge in [0, 0.05) is 11.8 Å². The highest BCUT2D eigenvalue weighted by molar-refractivity contribution is 8.58. The minimum atomic E-state index is 0.504. The Morgan fingerprint density at radius 3 is 1.83 bits per heavy atom. The summed E-state index contributed by atoms with van der Waals surface area (Å²) in [4.78, 5) is 0. The minimum absolute atomic E-state index is 0.504. The lowest BCUT2D eigenvalue weighted by molar-refractivity contribution is 2.04. The topological polar surface area (TPSA) is 0 Å². The maximum atomic E-state index is 2.25. The largest absolute Gasteiger partial charge is 0.0848 e. The lowest BCUT2D eigenvalue weighted by Crippen LogP contribution is -1.45. The van der Waals surface area contributed by atoms with Gasteiger partial charge in [0.2, 0.25) is 0 Å². The molecular weight excluding hydrogens is 170 g/mol. The molecule has 2 aliphatic heterocycles. The van der Waals surface area contributed by atoms with Crippen LogP contribution in [0, 0.1) is 0 Å². The highest BCUT2D eigenvalue weighted by Crippen LogP contribution is 2.73. The third-order valence-electron chi connectivity index (χ3n) is 0.613. The molecule has 2 aliphatic rings. The van der Waals surface area contributed by atoms with Gasteiger partial charge in [0.05, 0.1) is 5.90 Å². The molecule has 2 atom stereocenters. The summed E-state index contributed by atoms with van der Waals surface area (Å²) >= 11 is 0. The molecule has 0 N–H and O–H groups in total. The van der Waals surface area contributed by atoms with Crippen molar-refractivity contribution < 1.29 is 0 Å². The van der Waals surface area contributed by atoms with Crippen LogP contribution in [0.1, 0.15) is 0 Å². The summed E-state index contributed by atoms with van der Waals surface area (Å²) in [5.41, 5.74) is 0. The molecule has 3 heterocycles. The maximum Gasteiger partial charge on any atom is 0.0625 e. The van der Waals surface area contributed by atoms with Crippen molar-refractivity contribution in [1.82, 2.24) is 0 Å². The number of hydrogen-bond donors (Lipinski definition) is 0. The molecule has 0 fully saturated rings. The molecule has 5 heteroatoms. The van der Waals surface area contributed by atoms with E-state index >= 15 is 0 Å². The molecule has 0 spiro atoms. The van der Waals surface area contributed by atoms with E-state index in [1.807, 2.05) is 0 Å². The second-order valence-electron chi connectivity index (χ2n) is 1.04. The molecule has 0 aliphatic carbocycles. The van der Waals surface area contributed by atoms with Crippen LogP contribution in [0.3, 0.4) is 0 Å². The molecule has 0 saturated carbocycles. The Hall–Kier alpha value is 1.26. The summed E-state index contributed by atoms with van der Waals surface area (Å²) in [7, 11) is 6.54. The van der Waals surface area contributed by atoms with Crippen molar-refractivity contribution >= 4 is 42.2 Å². The van der Waals surface area contributed by atoms with Gasteiger partial charge in [0.1, 0.15) is 0 Å². The first-order valence-corrected chi connectivity index (χ1v) is 9.97. The van der Waals surface area contributed by atoms with E-state index in [4.69, 9.17) is 0 Å². The van der Waals surface area contributed by atoms with Crippen LogP contribution in [0.5, 0.6) is 0 Å². The van der Waals surface area contributed by atoms with Crippen LogP contribution in [0.4, 0.5) is 0 Å². The lowest BCUT2D eigenvalue weighted by atomic mass is 11.9. The van der Waals surface area contributed by atoms with Gasteiger partial charge in [0.15, 0.2) is 0 Å². The fraction of sp³-hybridized carbons (Fsp3) is 1.00. The van der Waals surface area contributed by atoms with E-state index in [-0.39, 0.29) is 0 Å². The zero-order valence-electron chi connectivity index (χ0n) is 2.83. The van der Waals surface area contributed by atoms with Crippen LogP contribution >= 0.6 is 42.2 Å². The predicted molar refractivity (Wildman–Crippen MR) is 38.5 cm³/mol. The monoisotopic (exact) mass is 172 g/mol. The van der Waals surface area contributed by atoms with Crippen LogP contribution in [-0.2, 0) is 5.90 Å². The van der Waals surface area contributed by atoms with Crippen LogP contribution < -0.4 is 0 Å². The van der Waals surface area contributed by atoms with E-state index in [0.717, 1.165) is 0 Å². The standard InChI is InChI=1S/CH2P2S3/c1-2-4-3(1)6-5-2/h1H2. The highest BCUT2D eigenvalue weighted by Gasteiger charge is 2.10. The first-order valence-electron chi connectivity index (χ1n) is 1.53. The molecule has 0 radical (unpaired) electrons. The molecule has 0 saturated heterocycles. The predicted octanol–water partition coefficient (Wildman–Crippen LogP) is 3.79. The molecule has 1 aromatic heterocycles. The first kappa shape index (κ1) is 4.17. The number of fused-ring (bicyclic) bond motifs is 1. The van der Waals surface area contributed by atoms with Crippen LogP contribution in [0.25, 0.3) is 0 Å². The molecule has 2 unspecified atom stereocenters. The molecule has 34 valence electrons. The van der Waals surface area contributed by atoms with Gasteiger partial charge >= 0.3 is 0 Å². The van der Waals surface area contributed by atoms with Gasteiger partial charge in [-0.1, -0.05) is 30.4 Å². The Labute approximate surface area is 48.2 Å². The first-order chi connectivity index (χ1) is 2.95. The van der Waals surface area contributed by atoms with Crippen LogP contribution in [0.15, 0.2) is 0 Å². The maximum absolute atomic E-state index is 2.25. The van der Waals surface area contributed by atoms with E-state index < -0.39 is 0 Å². The van der Waals surface area contributed by atoms with E-state index in [0.29, 0.717) is 11.8 Å². The Morgan fingerprint density at radius 1 is 1.17 bits per heavy atom. The smallest absolute Gasteiger partial charge is 0.0625 e. The fourth-order valence-corrected chi connectivity index (χ4v) is 35.3. The third-order valence-corrected chi connectivity index (χ3v) is 25.2. The molecule has 6 heavy (non-hydrogen) atoms. The summed E-state index contributed by atoms with van der Waals surface area (Å²) in [6.07, 6.45) is 0. The van der Waals surface area contributed by atoms with Gasteiger partial charge in [-0.25, -0.2) is 0 Å². The van der Waals surface area contributed by atoms with Crippen LogP contribution in [-0.4, -0.2) is 0 Å². The van der Waals surface area contributed by atoms with E-state index in [9.17, 15) is 0 Å². The molecule has 0 amide bonds. The van der Waals surface area contributed by atoms with Crippen molar-refractivity contribution in [2.75, 3.05) is 0 Å².